The fraction of sp³-hybridized carbons (Fsp3) is 0.143. The molecule has 2 aromatic carbocycles. The van der Waals surface area contributed by atoms with E-state index in [1.165, 1.54) is 18.2 Å². The standard InChI is InChI=1S/C21H19FN4O3/c1-15-7-9-19(18(22)11-15)23-20(27)14-29-21(28)10-8-17-13-26(25-24-17)12-16-5-3-2-4-6-16/h2-11,13H,12,14H2,1H3,(H,23,27)/b10-8+. The number of carbonyl (C=O) groups excluding carboxylic acids is 2. The first kappa shape index (κ1) is 19.9. The molecular formula is C21H19FN4O3. The molecule has 0 aliphatic rings. The van der Waals surface area contributed by atoms with Gasteiger partial charge in [-0.1, -0.05) is 41.6 Å². The Morgan fingerprint density at radius 3 is 2.76 bits per heavy atom. The second kappa shape index (κ2) is 9.41. The summed E-state index contributed by atoms with van der Waals surface area (Å²) in [7, 11) is 0. The minimum absolute atomic E-state index is 0.0298. The van der Waals surface area contributed by atoms with Crippen molar-refractivity contribution in [1.82, 2.24) is 15.0 Å². The molecule has 7 nitrogen and oxygen atoms in total. The second-order valence-corrected chi connectivity index (χ2v) is 6.30. The first-order valence-electron chi connectivity index (χ1n) is 8.84. The predicted octanol–water partition coefficient (Wildman–Crippen LogP) is 2.97. The molecule has 0 aliphatic heterocycles. The van der Waals surface area contributed by atoms with Gasteiger partial charge >= 0.3 is 5.97 Å². The van der Waals surface area contributed by atoms with E-state index < -0.39 is 24.3 Å². The molecule has 0 spiro atoms. The van der Waals surface area contributed by atoms with E-state index in [0.717, 1.165) is 17.2 Å². The normalized spacial score (nSPS) is 10.8. The minimum Gasteiger partial charge on any atom is -0.452 e. The molecule has 0 fully saturated rings. The van der Waals surface area contributed by atoms with Crippen molar-refractivity contribution in [1.29, 1.82) is 0 Å². The van der Waals surface area contributed by atoms with Crippen LogP contribution >= 0.6 is 0 Å². The van der Waals surface area contributed by atoms with E-state index in [0.29, 0.717) is 12.2 Å². The first-order valence-corrected chi connectivity index (χ1v) is 8.84. The molecule has 0 radical (unpaired) electrons. The lowest BCUT2D eigenvalue weighted by Crippen LogP contribution is -2.20. The highest BCUT2D eigenvalue weighted by atomic mass is 19.1. The summed E-state index contributed by atoms with van der Waals surface area (Å²) in [6.07, 6.45) is 4.27. The van der Waals surface area contributed by atoms with Crippen molar-refractivity contribution in [3.63, 3.8) is 0 Å². The molecular weight excluding hydrogens is 375 g/mol. The van der Waals surface area contributed by atoms with E-state index in [1.807, 2.05) is 30.3 Å². The third-order valence-electron chi connectivity index (χ3n) is 3.88. The summed E-state index contributed by atoms with van der Waals surface area (Å²) in [5.74, 6) is -1.91. The zero-order valence-electron chi connectivity index (χ0n) is 15.7. The Hall–Kier alpha value is -3.81. The van der Waals surface area contributed by atoms with Gasteiger partial charge < -0.3 is 10.1 Å². The van der Waals surface area contributed by atoms with Crippen LogP contribution in [0.3, 0.4) is 0 Å². The molecule has 0 saturated heterocycles. The van der Waals surface area contributed by atoms with Gasteiger partial charge in [-0.2, -0.15) is 0 Å². The number of benzene rings is 2. The molecule has 0 saturated carbocycles. The lowest BCUT2D eigenvalue weighted by molar-refractivity contribution is -0.142. The molecule has 8 heteroatoms. The van der Waals surface area contributed by atoms with Gasteiger partial charge in [-0.25, -0.2) is 13.9 Å². The minimum atomic E-state index is -0.720. The Morgan fingerprint density at radius 2 is 2.00 bits per heavy atom. The van der Waals surface area contributed by atoms with Crippen molar-refractivity contribution in [2.75, 3.05) is 11.9 Å². The van der Waals surface area contributed by atoms with Crippen molar-refractivity contribution in [2.45, 2.75) is 13.5 Å². The number of nitrogens with zero attached hydrogens (tertiary/aromatic N) is 3. The Labute approximate surface area is 166 Å². The third-order valence-corrected chi connectivity index (χ3v) is 3.88. The second-order valence-electron chi connectivity index (χ2n) is 6.30. The number of rotatable bonds is 7. The number of aromatic nitrogens is 3. The van der Waals surface area contributed by atoms with Crippen LogP contribution < -0.4 is 5.32 Å². The van der Waals surface area contributed by atoms with E-state index in [4.69, 9.17) is 4.74 Å². The van der Waals surface area contributed by atoms with Gasteiger partial charge in [0.05, 0.1) is 18.4 Å². The maximum atomic E-state index is 13.7. The largest absolute Gasteiger partial charge is 0.452 e. The molecule has 148 valence electrons. The number of carbonyl (C=O) groups is 2. The van der Waals surface area contributed by atoms with Gasteiger partial charge in [0.1, 0.15) is 11.5 Å². The Bertz CT molecular complexity index is 1030. The summed E-state index contributed by atoms with van der Waals surface area (Å²) in [4.78, 5) is 23.6. The van der Waals surface area contributed by atoms with Gasteiger partial charge in [0.15, 0.2) is 6.61 Å². The number of aryl methyl sites for hydroxylation is 1. The smallest absolute Gasteiger partial charge is 0.331 e. The van der Waals surface area contributed by atoms with Gasteiger partial charge in [-0.05, 0) is 36.3 Å². The fourth-order valence-electron chi connectivity index (χ4n) is 2.48. The number of amides is 1. The molecule has 1 amide bonds. The summed E-state index contributed by atoms with van der Waals surface area (Å²) in [6.45, 7) is 1.77. The number of ether oxygens (including phenoxy) is 1. The topological polar surface area (TPSA) is 86.1 Å². The molecule has 0 aliphatic carbocycles. The lowest BCUT2D eigenvalue weighted by atomic mass is 10.2. The molecule has 0 bridgehead atoms. The average molecular weight is 394 g/mol. The molecule has 0 atom stereocenters. The predicted molar refractivity (Wildman–Crippen MR) is 105 cm³/mol. The van der Waals surface area contributed by atoms with Crippen LogP contribution in [0, 0.1) is 12.7 Å². The lowest BCUT2D eigenvalue weighted by Gasteiger charge is -2.07. The van der Waals surface area contributed by atoms with Gasteiger partial charge in [0.25, 0.3) is 5.91 Å². The zero-order chi connectivity index (χ0) is 20.6. The van der Waals surface area contributed by atoms with Gasteiger partial charge in [0.2, 0.25) is 0 Å². The maximum Gasteiger partial charge on any atom is 0.331 e. The van der Waals surface area contributed by atoms with E-state index >= 15 is 0 Å². The van der Waals surface area contributed by atoms with E-state index in [2.05, 4.69) is 15.6 Å². The maximum absolute atomic E-state index is 13.7. The van der Waals surface area contributed by atoms with Crippen molar-refractivity contribution < 1.29 is 18.7 Å². The highest BCUT2D eigenvalue weighted by Crippen LogP contribution is 2.15. The van der Waals surface area contributed by atoms with E-state index in [9.17, 15) is 14.0 Å². The quantitative estimate of drug-likeness (QED) is 0.492. The summed E-state index contributed by atoms with van der Waals surface area (Å²) in [6, 6.07) is 14.2. The van der Waals surface area contributed by atoms with Gasteiger partial charge in [0, 0.05) is 6.08 Å². The first-order chi connectivity index (χ1) is 14.0. The molecule has 29 heavy (non-hydrogen) atoms. The number of hydrogen-bond acceptors (Lipinski definition) is 5. The van der Waals surface area contributed by atoms with E-state index in [1.54, 1.807) is 23.9 Å². The average Bonchev–Trinajstić information content (AvgIpc) is 3.15. The SMILES string of the molecule is Cc1ccc(NC(=O)COC(=O)/C=C/c2cn(Cc3ccccc3)nn2)c(F)c1. The number of halogens is 1. The highest BCUT2D eigenvalue weighted by molar-refractivity contribution is 5.94. The molecule has 0 unspecified atom stereocenters. The van der Waals surface area contributed by atoms with Crippen LogP contribution in [0.4, 0.5) is 10.1 Å². The Kier molecular flexibility index (Phi) is 6.47. The van der Waals surface area contributed by atoms with Crippen LogP contribution in [0.25, 0.3) is 6.08 Å². The molecule has 1 N–H and O–H groups in total. The van der Waals surface area contributed by atoms with Crippen molar-refractivity contribution in [2.24, 2.45) is 0 Å². The number of esters is 1. The molecule has 1 aromatic heterocycles. The highest BCUT2D eigenvalue weighted by Gasteiger charge is 2.09. The third kappa shape index (κ3) is 6.10. The number of anilines is 1. The molecule has 1 heterocycles. The summed E-state index contributed by atoms with van der Waals surface area (Å²) >= 11 is 0. The van der Waals surface area contributed by atoms with Crippen molar-refractivity contribution in [3.8, 4) is 0 Å². The van der Waals surface area contributed by atoms with Gasteiger partial charge in [-0.3, -0.25) is 4.79 Å². The summed E-state index contributed by atoms with van der Waals surface area (Å²) < 4.78 is 20.2. The van der Waals surface area contributed by atoms with E-state index in [-0.39, 0.29) is 5.69 Å². The van der Waals surface area contributed by atoms with Crippen LogP contribution in [-0.2, 0) is 20.9 Å². The number of hydrogen-bond donors (Lipinski definition) is 1. The summed E-state index contributed by atoms with van der Waals surface area (Å²) in [5.41, 5.74) is 2.31. The Balaban J connectivity index is 1.46. The zero-order valence-corrected chi connectivity index (χ0v) is 15.7. The van der Waals surface area contributed by atoms with Crippen LogP contribution in [-0.4, -0.2) is 33.5 Å². The van der Waals surface area contributed by atoms with Crippen molar-refractivity contribution >= 4 is 23.6 Å². The number of nitrogens with one attached hydrogen (secondary N) is 1. The Morgan fingerprint density at radius 1 is 1.21 bits per heavy atom. The van der Waals surface area contributed by atoms with Crippen LogP contribution in [0.15, 0.2) is 60.8 Å². The molecule has 3 aromatic rings. The fourth-order valence-corrected chi connectivity index (χ4v) is 2.48. The summed E-state index contributed by atoms with van der Waals surface area (Å²) in [5, 5.41) is 10.3. The van der Waals surface area contributed by atoms with Gasteiger partial charge in [-0.15, -0.1) is 5.10 Å². The van der Waals surface area contributed by atoms with Crippen LogP contribution in [0.5, 0.6) is 0 Å². The van der Waals surface area contributed by atoms with Crippen LogP contribution in [0.2, 0.25) is 0 Å². The molecule has 3 rings (SSSR count). The van der Waals surface area contributed by atoms with Crippen molar-refractivity contribution in [3.05, 3.63) is 83.4 Å². The monoisotopic (exact) mass is 394 g/mol. The van der Waals surface area contributed by atoms with Crippen LogP contribution in [0.1, 0.15) is 16.8 Å².